The summed E-state index contributed by atoms with van der Waals surface area (Å²) >= 11 is 0. The van der Waals surface area contributed by atoms with Gasteiger partial charge in [-0.3, -0.25) is 9.59 Å². The smallest absolute Gasteiger partial charge is 0.242 e. The van der Waals surface area contributed by atoms with E-state index in [0.29, 0.717) is 18.8 Å². The number of hydrogen-bond acceptors (Lipinski definition) is 6. The van der Waals surface area contributed by atoms with Gasteiger partial charge in [0.15, 0.2) is 0 Å². The van der Waals surface area contributed by atoms with Gasteiger partial charge < -0.3 is 16.4 Å². The molecule has 4 rings (SSSR count). The first-order valence-electron chi connectivity index (χ1n) is 12.6. The SMILES string of the molecule is CC(C)(N)C(=O)N[C@H](CCCc1ccccc1)C(=O)NCc1ccc(-c2ccccc2-c2nn[nH]n2)cc1. The fourth-order valence-corrected chi connectivity index (χ4v) is 4.09. The molecule has 0 bridgehead atoms. The average molecular weight is 512 g/mol. The highest BCUT2D eigenvalue weighted by Gasteiger charge is 2.27. The lowest BCUT2D eigenvalue weighted by Gasteiger charge is -2.24. The monoisotopic (exact) mass is 511 g/mol. The maximum absolute atomic E-state index is 13.1. The topological polar surface area (TPSA) is 139 Å². The molecule has 4 aromatic rings. The van der Waals surface area contributed by atoms with Gasteiger partial charge in [0.2, 0.25) is 17.6 Å². The van der Waals surface area contributed by atoms with E-state index in [-0.39, 0.29) is 11.8 Å². The van der Waals surface area contributed by atoms with E-state index in [1.807, 2.05) is 66.7 Å². The number of nitrogens with one attached hydrogen (secondary N) is 3. The second kappa shape index (κ2) is 12.2. The number of rotatable bonds is 11. The number of tetrazole rings is 1. The van der Waals surface area contributed by atoms with E-state index in [4.69, 9.17) is 5.73 Å². The first-order valence-corrected chi connectivity index (χ1v) is 12.6. The molecule has 0 saturated heterocycles. The van der Waals surface area contributed by atoms with Gasteiger partial charge in [-0.1, -0.05) is 78.9 Å². The van der Waals surface area contributed by atoms with Gasteiger partial charge in [-0.05, 0) is 60.6 Å². The molecule has 0 aliphatic rings. The minimum atomic E-state index is -1.08. The fraction of sp³-hybridized carbons (Fsp3) is 0.276. The predicted molar refractivity (Wildman–Crippen MR) is 146 cm³/mol. The number of carbonyl (C=O) groups excluding carboxylic acids is 2. The van der Waals surface area contributed by atoms with E-state index in [1.165, 1.54) is 5.56 Å². The molecular formula is C29H33N7O2. The summed E-state index contributed by atoms with van der Waals surface area (Å²) in [6.45, 7) is 3.59. The number of nitrogens with two attached hydrogens (primary N) is 1. The Bertz CT molecular complexity index is 1330. The minimum absolute atomic E-state index is 0.234. The Labute approximate surface area is 222 Å². The molecule has 2 amide bonds. The lowest BCUT2D eigenvalue weighted by Crippen LogP contribution is -2.55. The molecule has 3 aromatic carbocycles. The van der Waals surface area contributed by atoms with Crippen LogP contribution in [-0.2, 0) is 22.6 Å². The molecule has 1 atom stereocenters. The number of H-pyrrole nitrogens is 1. The van der Waals surface area contributed by atoms with E-state index in [2.05, 4.69) is 43.4 Å². The van der Waals surface area contributed by atoms with Crippen molar-refractivity contribution in [3.8, 4) is 22.5 Å². The molecule has 1 heterocycles. The highest BCUT2D eigenvalue weighted by molar-refractivity contribution is 5.91. The summed E-state index contributed by atoms with van der Waals surface area (Å²) in [7, 11) is 0. The van der Waals surface area contributed by atoms with Crippen LogP contribution in [0.15, 0.2) is 78.9 Å². The van der Waals surface area contributed by atoms with Gasteiger partial charge in [-0.25, -0.2) is 0 Å². The van der Waals surface area contributed by atoms with Gasteiger partial charge in [0, 0.05) is 12.1 Å². The molecule has 9 heteroatoms. The van der Waals surface area contributed by atoms with E-state index in [1.54, 1.807) is 13.8 Å². The Hall–Kier alpha value is -4.37. The number of aryl methyl sites for hydroxylation is 1. The van der Waals surface area contributed by atoms with Gasteiger partial charge >= 0.3 is 0 Å². The number of aromatic amines is 1. The summed E-state index contributed by atoms with van der Waals surface area (Å²) in [5.41, 5.74) is 9.86. The maximum atomic E-state index is 13.1. The second-order valence-electron chi connectivity index (χ2n) is 9.82. The fourth-order valence-electron chi connectivity index (χ4n) is 4.09. The van der Waals surface area contributed by atoms with Crippen LogP contribution in [0.4, 0.5) is 0 Å². The summed E-state index contributed by atoms with van der Waals surface area (Å²) in [6.07, 6.45) is 2.08. The number of hydrogen-bond donors (Lipinski definition) is 4. The van der Waals surface area contributed by atoms with Crippen LogP contribution in [0.1, 0.15) is 37.8 Å². The summed E-state index contributed by atoms with van der Waals surface area (Å²) < 4.78 is 0. The van der Waals surface area contributed by atoms with Crippen molar-refractivity contribution >= 4 is 11.8 Å². The minimum Gasteiger partial charge on any atom is -0.350 e. The third-order valence-electron chi connectivity index (χ3n) is 6.25. The van der Waals surface area contributed by atoms with Crippen molar-refractivity contribution in [2.24, 2.45) is 5.73 Å². The van der Waals surface area contributed by atoms with E-state index < -0.39 is 11.6 Å². The van der Waals surface area contributed by atoms with Crippen molar-refractivity contribution < 1.29 is 9.59 Å². The molecule has 0 aliphatic heterocycles. The van der Waals surface area contributed by atoms with Crippen LogP contribution in [0.3, 0.4) is 0 Å². The number of carbonyl (C=O) groups is 2. The molecule has 0 radical (unpaired) electrons. The molecule has 9 nitrogen and oxygen atoms in total. The summed E-state index contributed by atoms with van der Waals surface area (Å²) in [5.74, 6) is -0.0675. The Balaban J connectivity index is 1.39. The van der Waals surface area contributed by atoms with E-state index in [9.17, 15) is 9.59 Å². The van der Waals surface area contributed by atoms with Crippen molar-refractivity contribution in [3.05, 3.63) is 90.0 Å². The van der Waals surface area contributed by atoms with Crippen LogP contribution in [0.2, 0.25) is 0 Å². The molecular weight excluding hydrogens is 478 g/mol. The van der Waals surface area contributed by atoms with E-state index in [0.717, 1.165) is 35.1 Å². The maximum Gasteiger partial charge on any atom is 0.242 e. The molecule has 0 fully saturated rings. The third kappa shape index (κ3) is 7.10. The highest BCUT2D eigenvalue weighted by Crippen LogP contribution is 2.29. The Kier molecular flexibility index (Phi) is 8.60. The first kappa shape index (κ1) is 26.7. The van der Waals surface area contributed by atoms with Crippen LogP contribution < -0.4 is 16.4 Å². The standard InChI is InChI=1S/C29H33N7O2/c1-29(2,30)28(38)32-25(14-8-11-20-9-4-3-5-10-20)27(37)31-19-21-15-17-22(18-16-21)23-12-6-7-13-24(23)26-33-35-36-34-26/h3-7,9-10,12-13,15-18,25H,8,11,14,19,30H2,1-2H3,(H,31,37)(H,32,38)(H,33,34,35,36)/t25-/m1/s1. The lowest BCUT2D eigenvalue weighted by molar-refractivity contribution is -0.131. The Morgan fingerprint density at radius 3 is 2.26 bits per heavy atom. The average Bonchev–Trinajstić information content (AvgIpc) is 3.46. The third-order valence-corrected chi connectivity index (χ3v) is 6.25. The molecule has 5 N–H and O–H groups in total. The number of nitrogens with zero attached hydrogens (tertiary/aromatic N) is 3. The van der Waals surface area contributed by atoms with Gasteiger partial charge in [0.1, 0.15) is 6.04 Å². The van der Waals surface area contributed by atoms with Gasteiger partial charge in [0.05, 0.1) is 5.54 Å². The largest absolute Gasteiger partial charge is 0.350 e. The van der Waals surface area contributed by atoms with Crippen LogP contribution >= 0.6 is 0 Å². The zero-order chi connectivity index (χ0) is 27.0. The summed E-state index contributed by atoms with van der Waals surface area (Å²) in [5, 5.41) is 20.1. The number of benzene rings is 3. The van der Waals surface area contributed by atoms with Crippen LogP contribution in [0, 0.1) is 0 Å². The van der Waals surface area contributed by atoms with Crippen molar-refractivity contribution in [1.82, 2.24) is 31.3 Å². The molecule has 0 saturated carbocycles. The van der Waals surface area contributed by atoms with Crippen LogP contribution in [-0.4, -0.2) is 44.0 Å². The Morgan fingerprint density at radius 1 is 0.921 bits per heavy atom. The molecule has 38 heavy (non-hydrogen) atoms. The molecule has 196 valence electrons. The Morgan fingerprint density at radius 2 is 1.61 bits per heavy atom. The first-order chi connectivity index (χ1) is 18.3. The zero-order valence-electron chi connectivity index (χ0n) is 21.6. The molecule has 0 aliphatic carbocycles. The van der Waals surface area contributed by atoms with Crippen molar-refractivity contribution in [1.29, 1.82) is 0 Å². The summed E-state index contributed by atoms with van der Waals surface area (Å²) in [4.78, 5) is 25.6. The zero-order valence-corrected chi connectivity index (χ0v) is 21.6. The lowest BCUT2D eigenvalue weighted by atomic mass is 9.98. The van der Waals surface area contributed by atoms with Crippen molar-refractivity contribution in [2.45, 2.75) is 51.2 Å². The molecule has 0 unspecified atom stereocenters. The molecule has 0 spiro atoms. The quantitative estimate of drug-likeness (QED) is 0.243. The predicted octanol–water partition coefficient (Wildman–Crippen LogP) is 3.39. The second-order valence-corrected chi connectivity index (χ2v) is 9.82. The van der Waals surface area contributed by atoms with Crippen LogP contribution in [0.5, 0.6) is 0 Å². The van der Waals surface area contributed by atoms with Gasteiger partial charge in [0.25, 0.3) is 0 Å². The van der Waals surface area contributed by atoms with Crippen LogP contribution in [0.25, 0.3) is 22.5 Å². The van der Waals surface area contributed by atoms with Gasteiger partial charge in [-0.2, -0.15) is 5.21 Å². The highest BCUT2D eigenvalue weighted by atomic mass is 16.2. The van der Waals surface area contributed by atoms with Gasteiger partial charge in [-0.15, -0.1) is 10.2 Å². The normalized spacial score (nSPS) is 12.1. The number of amides is 2. The van der Waals surface area contributed by atoms with E-state index >= 15 is 0 Å². The van der Waals surface area contributed by atoms with Crippen molar-refractivity contribution in [3.63, 3.8) is 0 Å². The summed E-state index contributed by atoms with van der Waals surface area (Å²) in [6, 6.07) is 25.2. The number of aromatic nitrogens is 4. The van der Waals surface area contributed by atoms with Crippen molar-refractivity contribution in [2.75, 3.05) is 0 Å². The molecule has 1 aromatic heterocycles.